The number of rotatable bonds is 9. The number of likely N-dealkylation sites (tertiary alicyclic amines) is 1. The molecule has 3 aliphatic rings. The second kappa shape index (κ2) is 12.9. The Labute approximate surface area is 253 Å². The molecule has 3 unspecified atom stereocenters. The number of carbonyl (C=O) groups is 3. The Morgan fingerprint density at radius 2 is 2.05 bits per heavy atom. The maximum atomic E-state index is 13.2. The van der Waals surface area contributed by atoms with E-state index in [1.54, 1.807) is 36.5 Å². The van der Waals surface area contributed by atoms with Crippen LogP contribution < -0.4 is 15.4 Å². The second-order valence-electron chi connectivity index (χ2n) is 10.1. The smallest absolute Gasteiger partial charge is 0.290 e. The highest BCUT2D eigenvalue weighted by atomic mass is 35.5. The number of nitriles is 1. The molecule has 43 heavy (non-hydrogen) atoms. The number of dihydropyridines is 1. The van der Waals surface area contributed by atoms with Crippen molar-refractivity contribution in [3.05, 3.63) is 88.2 Å². The van der Waals surface area contributed by atoms with Crippen LogP contribution in [0.15, 0.2) is 82.5 Å². The number of carbonyl (C=O) groups excluding carboxylic acids is 3. The molecule has 1 aromatic heterocycles. The number of hydrogen-bond donors (Lipinski definition) is 2. The van der Waals surface area contributed by atoms with Crippen LogP contribution in [0.2, 0.25) is 5.02 Å². The van der Waals surface area contributed by atoms with Crippen molar-refractivity contribution in [2.45, 2.75) is 26.0 Å². The highest BCUT2D eigenvalue weighted by molar-refractivity contribution is 6.40. The molecule has 0 saturated carbocycles. The van der Waals surface area contributed by atoms with E-state index in [1.807, 2.05) is 25.1 Å². The summed E-state index contributed by atoms with van der Waals surface area (Å²) in [5.74, 6) is -2.74. The van der Waals surface area contributed by atoms with E-state index < -0.39 is 35.5 Å². The molecule has 12 heteroatoms. The van der Waals surface area contributed by atoms with Crippen molar-refractivity contribution in [2.75, 3.05) is 25.5 Å². The average Bonchev–Trinajstić information content (AvgIpc) is 3.00. The molecule has 3 heterocycles. The number of piperidine rings is 1. The number of aromatic nitrogens is 1. The molecule has 220 valence electrons. The van der Waals surface area contributed by atoms with Gasteiger partial charge < -0.3 is 25.0 Å². The Morgan fingerprint density at radius 3 is 2.77 bits per heavy atom. The number of aliphatic imine (C=N–C) groups is 1. The zero-order valence-corrected chi connectivity index (χ0v) is 24.3. The summed E-state index contributed by atoms with van der Waals surface area (Å²) in [5.41, 5.74) is 2.55. The number of ketones is 1. The van der Waals surface area contributed by atoms with Gasteiger partial charge in [0.1, 0.15) is 30.1 Å². The van der Waals surface area contributed by atoms with Crippen molar-refractivity contribution < 1.29 is 23.9 Å². The Morgan fingerprint density at radius 1 is 1.21 bits per heavy atom. The third-order valence-electron chi connectivity index (χ3n) is 7.24. The van der Waals surface area contributed by atoms with Crippen LogP contribution >= 0.6 is 11.6 Å². The standard InChI is InChI=1S/C31H29ClN6O5/c1-3-42-27-14-24-22(13-25(27)37-30(40)21-9-11-38(2)31(41)29(21)39)28(18(15-33)16-35-24)36-19-7-8-26(23(32)12-19)43-17-20-6-4-5-10-34-20/h4-8,10,12-14,16,21-22,24,36H,3,9,11,17H2,1-2H3,(H,37,40). The first kappa shape index (κ1) is 29.5. The number of nitrogens with zero attached hydrogens (tertiary/aromatic N) is 4. The van der Waals surface area contributed by atoms with Crippen LogP contribution in [0, 0.1) is 23.2 Å². The van der Waals surface area contributed by atoms with Crippen LogP contribution in [-0.4, -0.2) is 59.9 Å². The largest absolute Gasteiger partial charge is 0.492 e. The van der Waals surface area contributed by atoms with Crippen molar-refractivity contribution in [3.8, 4) is 11.8 Å². The molecule has 0 spiro atoms. The zero-order valence-electron chi connectivity index (χ0n) is 23.5. The van der Waals surface area contributed by atoms with Crippen molar-refractivity contribution in [1.82, 2.24) is 15.2 Å². The number of ether oxygens (including phenoxy) is 2. The maximum absolute atomic E-state index is 13.2. The Kier molecular flexibility index (Phi) is 8.87. The van der Waals surface area contributed by atoms with E-state index in [1.165, 1.54) is 18.2 Å². The van der Waals surface area contributed by atoms with E-state index in [-0.39, 0.29) is 13.0 Å². The summed E-state index contributed by atoms with van der Waals surface area (Å²) in [4.78, 5) is 48.0. The Hall–Kier alpha value is -4.95. The fraction of sp³-hybridized carbons (Fsp3) is 0.290. The van der Waals surface area contributed by atoms with Crippen LogP contribution in [0.25, 0.3) is 0 Å². The summed E-state index contributed by atoms with van der Waals surface area (Å²) in [6.45, 7) is 2.68. The van der Waals surface area contributed by atoms with Gasteiger partial charge in [0.2, 0.25) is 11.7 Å². The number of pyridine rings is 1. The van der Waals surface area contributed by atoms with Crippen LogP contribution in [-0.2, 0) is 25.7 Å². The number of amides is 2. The number of benzene rings is 1. The number of halogens is 1. The van der Waals surface area contributed by atoms with Gasteiger partial charge >= 0.3 is 0 Å². The minimum absolute atomic E-state index is 0.220. The van der Waals surface area contributed by atoms with Gasteiger partial charge in [-0.05, 0) is 55.8 Å². The lowest BCUT2D eigenvalue weighted by molar-refractivity contribution is -0.152. The molecule has 0 radical (unpaired) electrons. The fourth-order valence-electron chi connectivity index (χ4n) is 4.98. The van der Waals surface area contributed by atoms with Gasteiger partial charge in [0.25, 0.3) is 5.91 Å². The third kappa shape index (κ3) is 6.44. The number of likely N-dealkylation sites (N-methyl/N-ethyl adjacent to an activating group) is 1. The first-order valence-corrected chi connectivity index (χ1v) is 14.1. The average molecular weight is 601 g/mol. The van der Waals surface area contributed by atoms with Crippen molar-refractivity contribution >= 4 is 41.1 Å². The summed E-state index contributed by atoms with van der Waals surface area (Å²) < 4.78 is 11.6. The third-order valence-corrected chi connectivity index (χ3v) is 7.53. The summed E-state index contributed by atoms with van der Waals surface area (Å²) >= 11 is 6.53. The molecule has 2 amide bonds. The van der Waals surface area contributed by atoms with Gasteiger partial charge in [-0.25, -0.2) is 0 Å². The van der Waals surface area contributed by atoms with Gasteiger partial charge in [0.15, 0.2) is 0 Å². The van der Waals surface area contributed by atoms with Gasteiger partial charge in [-0.15, -0.1) is 0 Å². The second-order valence-corrected chi connectivity index (χ2v) is 10.5. The monoisotopic (exact) mass is 600 g/mol. The number of nitrogens with one attached hydrogen (secondary N) is 2. The maximum Gasteiger partial charge on any atom is 0.290 e. The molecule has 1 saturated heterocycles. The van der Waals surface area contributed by atoms with Crippen molar-refractivity contribution in [2.24, 2.45) is 16.8 Å². The van der Waals surface area contributed by atoms with Gasteiger partial charge in [-0.2, -0.15) is 5.26 Å². The predicted molar refractivity (Wildman–Crippen MR) is 159 cm³/mol. The predicted octanol–water partition coefficient (Wildman–Crippen LogP) is 3.55. The summed E-state index contributed by atoms with van der Waals surface area (Å²) in [6, 6.07) is 12.5. The molecule has 2 aliphatic heterocycles. The molecule has 1 aromatic carbocycles. The van der Waals surface area contributed by atoms with Gasteiger partial charge in [-0.1, -0.05) is 17.7 Å². The molecule has 1 fully saturated rings. The quantitative estimate of drug-likeness (QED) is 0.328. The van der Waals surface area contributed by atoms with Crippen LogP contribution in [0.5, 0.6) is 5.75 Å². The summed E-state index contributed by atoms with van der Waals surface area (Å²) in [7, 11) is 1.53. The van der Waals surface area contributed by atoms with Crippen molar-refractivity contribution in [3.63, 3.8) is 0 Å². The van der Waals surface area contributed by atoms with Gasteiger partial charge in [-0.3, -0.25) is 24.4 Å². The summed E-state index contributed by atoms with van der Waals surface area (Å²) in [6.07, 6.45) is 6.91. The lowest BCUT2D eigenvalue weighted by atomic mass is 9.85. The van der Waals surface area contributed by atoms with Crippen molar-refractivity contribution in [1.29, 1.82) is 5.26 Å². The Balaban J connectivity index is 1.38. The molecule has 11 nitrogen and oxygen atoms in total. The minimum Gasteiger partial charge on any atom is -0.492 e. The highest BCUT2D eigenvalue weighted by Crippen LogP contribution is 2.36. The number of anilines is 1. The normalized spacial score (nSPS) is 21.3. The molecule has 5 rings (SSSR count). The zero-order chi connectivity index (χ0) is 30.5. The number of allylic oxidation sites excluding steroid dienone is 1. The topological polar surface area (TPSA) is 146 Å². The molecular weight excluding hydrogens is 572 g/mol. The number of hydrogen-bond acceptors (Lipinski definition) is 9. The first-order valence-electron chi connectivity index (χ1n) is 13.7. The number of Topliss-reactive ketones (excluding diaryl/α,β-unsaturated/α-hetero) is 1. The lowest BCUT2D eigenvalue weighted by Gasteiger charge is -2.32. The van der Waals surface area contributed by atoms with E-state index in [4.69, 9.17) is 21.1 Å². The molecule has 1 aliphatic carbocycles. The van der Waals surface area contributed by atoms with E-state index in [0.717, 1.165) is 5.69 Å². The van der Waals surface area contributed by atoms with E-state index in [9.17, 15) is 19.6 Å². The molecule has 3 atom stereocenters. The Bertz CT molecular complexity index is 1610. The SMILES string of the molecule is CCOC1=CC2N=CC(C#N)=C(Nc3ccc(OCc4ccccn4)c(Cl)c3)C2C=C1NC(=O)C1CCN(C)C(=O)C1=O. The number of fused-ring (bicyclic) bond motifs is 1. The fourth-order valence-corrected chi connectivity index (χ4v) is 5.22. The summed E-state index contributed by atoms with van der Waals surface area (Å²) in [5, 5.41) is 16.4. The lowest BCUT2D eigenvalue weighted by Crippen LogP contribution is -2.49. The van der Waals surface area contributed by atoms with Gasteiger partial charge in [0.05, 0.1) is 34.6 Å². The van der Waals surface area contributed by atoms with Crippen LogP contribution in [0.1, 0.15) is 19.0 Å². The van der Waals surface area contributed by atoms with E-state index in [0.29, 0.717) is 52.3 Å². The molecule has 2 aromatic rings. The van der Waals surface area contributed by atoms with E-state index in [2.05, 4.69) is 26.7 Å². The van der Waals surface area contributed by atoms with Crippen LogP contribution in [0.3, 0.4) is 0 Å². The molecule has 2 N–H and O–H groups in total. The van der Waals surface area contributed by atoms with Gasteiger partial charge in [0, 0.05) is 43.3 Å². The molecular formula is C31H29ClN6O5. The van der Waals surface area contributed by atoms with Crippen LogP contribution in [0.4, 0.5) is 5.69 Å². The van der Waals surface area contributed by atoms with E-state index >= 15 is 0 Å². The highest BCUT2D eigenvalue weighted by Gasteiger charge is 2.39. The first-order chi connectivity index (χ1) is 20.8. The molecule has 0 bridgehead atoms. The minimum atomic E-state index is -1.10.